The van der Waals surface area contributed by atoms with Crippen molar-refractivity contribution >= 4 is 16.9 Å². The summed E-state index contributed by atoms with van der Waals surface area (Å²) in [6.45, 7) is 3.96. The molecule has 4 aromatic rings. The quantitative estimate of drug-likeness (QED) is 0.599. The number of aromatic carboxylic acids is 1. The normalized spacial score (nSPS) is 11.1. The van der Waals surface area contributed by atoms with E-state index in [1.54, 1.807) is 18.2 Å². The second-order valence-corrected chi connectivity index (χ2v) is 5.93. The fourth-order valence-electron chi connectivity index (χ4n) is 3.15. The predicted octanol–water partition coefficient (Wildman–Crippen LogP) is 3.73. The molecule has 2 aromatic carbocycles. The molecule has 0 unspecified atom stereocenters. The molecule has 0 saturated carbocycles. The van der Waals surface area contributed by atoms with Crippen LogP contribution in [0, 0.1) is 13.8 Å². The summed E-state index contributed by atoms with van der Waals surface area (Å²) < 4.78 is 1.90. The van der Waals surface area contributed by atoms with E-state index in [0.717, 1.165) is 33.7 Å². The second-order valence-electron chi connectivity index (χ2n) is 5.93. The highest BCUT2D eigenvalue weighted by Crippen LogP contribution is 2.32. The summed E-state index contributed by atoms with van der Waals surface area (Å²) in [4.78, 5) is 11.1. The van der Waals surface area contributed by atoms with Gasteiger partial charge in [0.05, 0.1) is 28.2 Å². The molecule has 2 aromatic heterocycles. The van der Waals surface area contributed by atoms with Crippen LogP contribution in [-0.2, 0) is 0 Å². The Balaban J connectivity index is 1.90. The maximum Gasteiger partial charge on any atom is 0.335 e. The van der Waals surface area contributed by atoms with Crippen LogP contribution in [0.15, 0.2) is 48.5 Å². The number of hydrogen-bond acceptors (Lipinski definition) is 3. The number of benzene rings is 2. The van der Waals surface area contributed by atoms with Gasteiger partial charge in [-0.2, -0.15) is 10.2 Å². The van der Waals surface area contributed by atoms with E-state index in [1.165, 1.54) is 0 Å². The monoisotopic (exact) mass is 332 g/mol. The number of aromatic nitrogens is 4. The summed E-state index contributed by atoms with van der Waals surface area (Å²) >= 11 is 0. The van der Waals surface area contributed by atoms with Crippen LogP contribution in [-0.4, -0.2) is 31.1 Å². The Hall–Kier alpha value is -3.41. The highest BCUT2D eigenvalue weighted by atomic mass is 16.4. The number of carbonyl (C=O) groups is 1. The van der Waals surface area contributed by atoms with E-state index in [4.69, 9.17) is 5.11 Å². The fraction of sp³-hybridized carbons (Fsp3) is 0.105. The number of fused-ring (bicyclic) bond motifs is 1. The van der Waals surface area contributed by atoms with Crippen LogP contribution in [0.5, 0.6) is 0 Å². The third-order valence-electron chi connectivity index (χ3n) is 4.34. The third-order valence-corrected chi connectivity index (χ3v) is 4.34. The van der Waals surface area contributed by atoms with Gasteiger partial charge in [-0.15, -0.1) is 0 Å². The van der Waals surface area contributed by atoms with Crippen molar-refractivity contribution in [3.05, 3.63) is 65.5 Å². The summed E-state index contributed by atoms with van der Waals surface area (Å²) in [5.41, 5.74) is 5.51. The zero-order valence-electron chi connectivity index (χ0n) is 13.8. The number of nitrogens with zero attached hydrogens (tertiary/aromatic N) is 3. The van der Waals surface area contributed by atoms with Gasteiger partial charge in [0.25, 0.3) is 0 Å². The van der Waals surface area contributed by atoms with Crippen LogP contribution in [0.4, 0.5) is 0 Å². The zero-order valence-corrected chi connectivity index (χ0v) is 13.8. The number of H-pyrrole nitrogens is 1. The van der Waals surface area contributed by atoms with Gasteiger partial charge >= 0.3 is 5.97 Å². The Labute approximate surface area is 143 Å². The molecule has 0 fully saturated rings. The zero-order chi connectivity index (χ0) is 17.6. The molecule has 0 aliphatic rings. The van der Waals surface area contributed by atoms with Gasteiger partial charge in [-0.05, 0) is 44.2 Å². The predicted molar refractivity (Wildman–Crippen MR) is 95.1 cm³/mol. The van der Waals surface area contributed by atoms with Crippen molar-refractivity contribution in [2.24, 2.45) is 0 Å². The summed E-state index contributed by atoms with van der Waals surface area (Å²) in [7, 11) is 0. The summed E-state index contributed by atoms with van der Waals surface area (Å²) in [6, 6.07) is 14.9. The number of aryl methyl sites for hydroxylation is 1. The molecule has 6 nitrogen and oxygen atoms in total. The van der Waals surface area contributed by atoms with Gasteiger partial charge in [0, 0.05) is 10.9 Å². The molecule has 0 amide bonds. The largest absolute Gasteiger partial charge is 0.478 e. The van der Waals surface area contributed by atoms with Gasteiger partial charge in [-0.3, -0.25) is 5.10 Å². The van der Waals surface area contributed by atoms with Crippen LogP contribution in [0.2, 0.25) is 0 Å². The molecule has 6 heteroatoms. The molecular weight excluding hydrogens is 316 g/mol. The van der Waals surface area contributed by atoms with E-state index in [0.29, 0.717) is 5.52 Å². The Morgan fingerprint density at radius 3 is 2.60 bits per heavy atom. The molecule has 0 radical (unpaired) electrons. The lowest BCUT2D eigenvalue weighted by Gasteiger charge is -2.04. The topological polar surface area (TPSA) is 83.8 Å². The van der Waals surface area contributed by atoms with Crippen molar-refractivity contribution in [1.29, 1.82) is 0 Å². The number of hydrogen-bond donors (Lipinski definition) is 2. The molecule has 0 aliphatic heterocycles. The number of nitrogens with one attached hydrogen (secondary N) is 1. The molecule has 124 valence electrons. The van der Waals surface area contributed by atoms with Crippen LogP contribution >= 0.6 is 0 Å². The average Bonchev–Trinajstić information content (AvgIpc) is 3.15. The molecule has 2 N–H and O–H groups in total. The van der Waals surface area contributed by atoms with Crippen LogP contribution in [0.25, 0.3) is 27.8 Å². The van der Waals surface area contributed by atoms with E-state index in [-0.39, 0.29) is 5.56 Å². The first-order valence-corrected chi connectivity index (χ1v) is 7.89. The summed E-state index contributed by atoms with van der Waals surface area (Å²) in [5.74, 6) is -0.956. The Bertz CT molecular complexity index is 1090. The van der Waals surface area contributed by atoms with E-state index in [9.17, 15) is 4.79 Å². The van der Waals surface area contributed by atoms with Gasteiger partial charge in [0.2, 0.25) is 0 Å². The summed E-state index contributed by atoms with van der Waals surface area (Å²) in [5, 5.41) is 22.0. The molecule has 0 spiro atoms. The third kappa shape index (κ3) is 2.39. The first-order chi connectivity index (χ1) is 12.1. The maximum absolute atomic E-state index is 11.1. The highest BCUT2D eigenvalue weighted by molar-refractivity contribution is 5.98. The Kier molecular flexibility index (Phi) is 3.39. The lowest BCUT2D eigenvalue weighted by molar-refractivity contribution is 0.0697. The lowest BCUT2D eigenvalue weighted by atomic mass is 10.0. The number of carboxylic acids is 1. The molecule has 0 saturated heterocycles. The van der Waals surface area contributed by atoms with Crippen LogP contribution < -0.4 is 0 Å². The van der Waals surface area contributed by atoms with Gasteiger partial charge in [0.15, 0.2) is 0 Å². The Morgan fingerprint density at radius 2 is 1.88 bits per heavy atom. The number of aromatic amines is 1. The standard InChI is InChI=1S/C19H16N4O2/c1-11-17(12(2)23(22-11)14-6-4-3-5-7-14)18-15-9-8-13(19(24)25)10-16(15)20-21-18/h3-10H,1-2H3,(H,20,21)(H,24,25). The van der Waals surface area contributed by atoms with Gasteiger partial charge in [-0.25, -0.2) is 9.48 Å². The van der Waals surface area contributed by atoms with Gasteiger partial charge in [0.1, 0.15) is 5.69 Å². The van der Waals surface area contributed by atoms with E-state index in [2.05, 4.69) is 15.3 Å². The maximum atomic E-state index is 11.1. The van der Waals surface area contributed by atoms with E-state index < -0.39 is 5.97 Å². The fourth-order valence-corrected chi connectivity index (χ4v) is 3.15. The number of para-hydroxylation sites is 1. The summed E-state index contributed by atoms with van der Waals surface area (Å²) in [6.07, 6.45) is 0. The molecule has 0 bridgehead atoms. The number of carboxylic acid groups (broad SMARTS) is 1. The SMILES string of the molecule is Cc1nn(-c2ccccc2)c(C)c1-c1n[nH]c2cc(C(=O)O)ccc12. The van der Waals surface area contributed by atoms with Crippen LogP contribution in [0.3, 0.4) is 0 Å². The van der Waals surface area contributed by atoms with Crippen molar-refractivity contribution < 1.29 is 9.90 Å². The lowest BCUT2D eigenvalue weighted by Crippen LogP contribution is -1.98. The van der Waals surface area contributed by atoms with E-state index in [1.807, 2.05) is 48.9 Å². The Morgan fingerprint density at radius 1 is 1.12 bits per heavy atom. The molecule has 2 heterocycles. The van der Waals surface area contributed by atoms with Crippen LogP contribution in [0.1, 0.15) is 21.7 Å². The first-order valence-electron chi connectivity index (χ1n) is 7.89. The molecule has 0 atom stereocenters. The smallest absolute Gasteiger partial charge is 0.335 e. The minimum absolute atomic E-state index is 0.233. The molecule has 4 rings (SSSR count). The second kappa shape index (κ2) is 5.59. The van der Waals surface area contributed by atoms with Gasteiger partial charge < -0.3 is 5.11 Å². The average molecular weight is 332 g/mol. The van der Waals surface area contributed by atoms with Crippen molar-refractivity contribution in [3.63, 3.8) is 0 Å². The highest BCUT2D eigenvalue weighted by Gasteiger charge is 2.19. The minimum Gasteiger partial charge on any atom is -0.478 e. The van der Waals surface area contributed by atoms with Crippen molar-refractivity contribution in [3.8, 4) is 16.9 Å². The van der Waals surface area contributed by atoms with Crippen molar-refractivity contribution in [1.82, 2.24) is 20.0 Å². The number of rotatable bonds is 3. The molecule has 0 aliphatic carbocycles. The minimum atomic E-state index is -0.956. The van der Waals surface area contributed by atoms with Gasteiger partial charge in [-0.1, -0.05) is 18.2 Å². The molecular formula is C19H16N4O2. The first kappa shape index (κ1) is 15.1. The van der Waals surface area contributed by atoms with Crippen molar-refractivity contribution in [2.75, 3.05) is 0 Å². The molecule has 25 heavy (non-hydrogen) atoms. The van der Waals surface area contributed by atoms with Crippen molar-refractivity contribution in [2.45, 2.75) is 13.8 Å². The van der Waals surface area contributed by atoms with E-state index >= 15 is 0 Å².